The van der Waals surface area contributed by atoms with E-state index in [0.717, 1.165) is 5.56 Å². The Bertz CT molecular complexity index is 777. The van der Waals surface area contributed by atoms with Gasteiger partial charge in [0.25, 0.3) is 0 Å². The fourth-order valence-electron chi connectivity index (χ4n) is 2.23. The van der Waals surface area contributed by atoms with Crippen LogP contribution in [0.3, 0.4) is 0 Å². The molecule has 0 bridgehead atoms. The normalized spacial score (nSPS) is 10.8. The van der Waals surface area contributed by atoms with Gasteiger partial charge in [0.1, 0.15) is 0 Å². The van der Waals surface area contributed by atoms with Crippen LogP contribution in [0.4, 0.5) is 0 Å². The summed E-state index contributed by atoms with van der Waals surface area (Å²) < 4.78 is 1.79. The number of aromatic nitrogens is 1. The van der Waals surface area contributed by atoms with E-state index in [1.54, 1.807) is 22.7 Å². The molecular weight excluding hydrogens is 262 g/mol. The van der Waals surface area contributed by atoms with Crippen molar-refractivity contribution in [3.05, 3.63) is 65.4 Å². The topological polar surface area (TPSA) is 41.7 Å². The first kappa shape index (κ1) is 11.8. The van der Waals surface area contributed by atoms with Crippen molar-refractivity contribution >= 4 is 23.1 Å². The molecule has 19 heavy (non-hydrogen) atoms. The van der Waals surface area contributed by atoms with Gasteiger partial charge in [-0.3, -0.25) is 0 Å². The molecule has 3 aromatic rings. The molecule has 0 saturated heterocycles. The Balaban J connectivity index is 2.38. The summed E-state index contributed by atoms with van der Waals surface area (Å²) in [5.41, 5.74) is 2.29. The monoisotopic (exact) mass is 271 g/mol. The van der Waals surface area contributed by atoms with E-state index in [0.29, 0.717) is 16.1 Å². The summed E-state index contributed by atoms with van der Waals surface area (Å²) in [6, 6.07) is 12.7. The van der Waals surface area contributed by atoms with E-state index in [2.05, 4.69) is 0 Å². The molecule has 0 atom stereocenters. The van der Waals surface area contributed by atoms with Gasteiger partial charge in [-0.15, -0.1) is 0 Å². The average Bonchev–Trinajstić information content (AvgIpc) is 2.78. The van der Waals surface area contributed by atoms with Crippen LogP contribution in [-0.2, 0) is 0 Å². The SMILES string of the molecule is O=C(O)c1c(-c2ccccc2Cl)cn2ccccc12. The number of pyridine rings is 1. The standard InChI is InChI=1S/C15H10ClNO2/c16-12-6-2-1-5-10(12)11-9-17-8-4-3-7-13(17)14(11)15(18)19/h1-9H,(H,18,19). The minimum absolute atomic E-state index is 0.272. The van der Waals surface area contributed by atoms with Crippen LogP contribution in [0.25, 0.3) is 16.6 Å². The van der Waals surface area contributed by atoms with Crippen LogP contribution in [0, 0.1) is 0 Å². The number of halogens is 1. The van der Waals surface area contributed by atoms with Gasteiger partial charge in [0.15, 0.2) is 0 Å². The summed E-state index contributed by atoms with van der Waals surface area (Å²) in [7, 11) is 0. The van der Waals surface area contributed by atoms with E-state index in [-0.39, 0.29) is 5.56 Å². The zero-order chi connectivity index (χ0) is 13.4. The van der Waals surface area contributed by atoms with Crippen molar-refractivity contribution in [1.29, 1.82) is 0 Å². The molecule has 0 radical (unpaired) electrons. The quantitative estimate of drug-likeness (QED) is 0.766. The van der Waals surface area contributed by atoms with Gasteiger partial charge in [-0.2, -0.15) is 0 Å². The second kappa shape index (κ2) is 4.44. The van der Waals surface area contributed by atoms with Crippen LogP contribution in [0.2, 0.25) is 5.02 Å². The molecule has 0 aliphatic rings. The molecule has 1 N–H and O–H groups in total. The molecule has 0 fully saturated rings. The fraction of sp³-hybridized carbons (Fsp3) is 0. The Kier molecular flexibility index (Phi) is 2.76. The highest BCUT2D eigenvalue weighted by atomic mass is 35.5. The van der Waals surface area contributed by atoms with E-state index < -0.39 is 5.97 Å². The Morgan fingerprint density at radius 2 is 1.79 bits per heavy atom. The molecule has 0 spiro atoms. The lowest BCUT2D eigenvalue weighted by Crippen LogP contribution is -1.97. The zero-order valence-corrected chi connectivity index (χ0v) is 10.6. The number of carboxylic acids is 1. The molecule has 2 aromatic heterocycles. The van der Waals surface area contributed by atoms with Gasteiger partial charge in [0.2, 0.25) is 0 Å². The number of aromatic carboxylic acids is 1. The average molecular weight is 272 g/mol. The first-order valence-electron chi connectivity index (χ1n) is 5.76. The van der Waals surface area contributed by atoms with Gasteiger partial charge < -0.3 is 9.51 Å². The van der Waals surface area contributed by atoms with Crippen LogP contribution in [0.1, 0.15) is 10.4 Å². The number of hydrogen-bond acceptors (Lipinski definition) is 1. The van der Waals surface area contributed by atoms with E-state index in [4.69, 9.17) is 11.6 Å². The minimum Gasteiger partial charge on any atom is -0.478 e. The number of rotatable bonds is 2. The van der Waals surface area contributed by atoms with Gasteiger partial charge >= 0.3 is 5.97 Å². The minimum atomic E-state index is -0.955. The molecule has 0 aliphatic carbocycles. The van der Waals surface area contributed by atoms with Gasteiger partial charge in [-0.25, -0.2) is 4.79 Å². The molecular formula is C15H10ClNO2. The highest BCUT2D eigenvalue weighted by Gasteiger charge is 2.19. The first-order chi connectivity index (χ1) is 9.18. The third-order valence-electron chi connectivity index (χ3n) is 3.06. The number of carboxylic acid groups (broad SMARTS) is 1. The lowest BCUT2D eigenvalue weighted by Gasteiger charge is -2.03. The third-order valence-corrected chi connectivity index (χ3v) is 3.39. The van der Waals surface area contributed by atoms with Gasteiger partial charge in [-0.1, -0.05) is 35.9 Å². The van der Waals surface area contributed by atoms with Gasteiger partial charge in [0, 0.05) is 28.5 Å². The van der Waals surface area contributed by atoms with E-state index >= 15 is 0 Å². The summed E-state index contributed by atoms with van der Waals surface area (Å²) in [6.07, 6.45) is 3.61. The first-order valence-corrected chi connectivity index (χ1v) is 6.14. The zero-order valence-electron chi connectivity index (χ0n) is 9.88. The number of benzene rings is 1. The lowest BCUT2D eigenvalue weighted by molar-refractivity contribution is 0.0700. The second-order valence-electron chi connectivity index (χ2n) is 4.20. The Morgan fingerprint density at radius 3 is 2.53 bits per heavy atom. The van der Waals surface area contributed by atoms with Crippen LogP contribution in [-0.4, -0.2) is 15.5 Å². The molecule has 94 valence electrons. The van der Waals surface area contributed by atoms with Crippen LogP contribution in [0.5, 0.6) is 0 Å². The number of nitrogens with zero attached hydrogens (tertiary/aromatic N) is 1. The van der Waals surface area contributed by atoms with Gasteiger partial charge in [-0.05, 0) is 18.2 Å². The highest BCUT2D eigenvalue weighted by Crippen LogP contribution is 2.33. The molecule has 1 aromatic carbocycles. The maximum Gasteiger partial charge on any atom is 0.338 e. The van der Waals surface area contributed by atoms with Crippen molar-refractivity contribution in [2.24, 2.45) is 0 Å². The Morgan fingerprint density at radius 1 is 1.05 bits per heavy atom. The number of fused-ring (bicyclic) bond motifs is 1. The van der Waals surface area contributed by atoms with Crippen molar-refractivity contribution < 1.29 is 9.90 Å². The number of hydrogen-bond donors (Lipinski definition) is 1. The molecule has 3 rings (SSSR count). The maximum atomic E-state index is 11.5. The Hall–Kier alpha value is -2.26. The van der Waals surface area contributed by atoms with Crippen LogP contribution < -0.4 is 0 Å². The van der Waals surface area contributed by atoms with Crippen molar-refractivity contribution in [1.82, 2.24) is 4.40 Å². The number of carbonyl (C=O) groups is 1. The molecule has 0 unspecified atom stereocenters. The van der Waals surface area contributed by atoms with E-state index in [1.807, 2.05) is 36.5 Å². The third kappa shape index (κ3) is 1.88. The summed E-state index contributed by atoms with van der Waals surface area (Å²) in [4.78, 5) is 11.5. The summed E-state index contributed by atoms with van der Waals surface area (Å²) in [5, 5.41) is 9.99. The van der Waals surface area contributed by atoms with E-state index in [9.17, 15) is 9.90 Å². The molecule has 0 saturated carbocycles. The van der Waals surface area contributed by atoms with Gasteiger partial charge in [0.05, 0.1) is 11.1 Å². The molecule has 3 nitrogen and oxygen atoms in total. The highest BCUT2D eigenvalue weighted by molar-refractivity contribution is 6.33. The second-order valence-corrected chi connectivity index (χ2v) is 4.60. The Labute approximate surface area is 114 Å². The predicted molar refractivity (Wildman–Crippen MR) is 74.8 cm³/mol. The van der Waals surface area contributed by atoms with Crippen molar-refractivity contribution in [3.8, 4) is 11.1 Å². The lowest BCUT2D eigenvalue weighted by atomic mass is 10.0. The van der Waals surface area contributed by atoms with Crippen molar-refractivity contribution in [3.63, 3.8) is 0 Å². The summed E-state index contributed by atoms with van der Waals surface area (Å²) >= 11 is 6.16. The van der Waals surface area contributed by atoms with Crippen LogP contribution in [0.15, 0.2) is 54.9 Å². The summed E-state index contributed by atoms with van der Waals surface area (Å²) in [6.45, 7) is 0. The largest absolute Gasteiger partial charge is 0.478 e. The molecule has 0 aliphatic heterocycles. The fourth-order valence-corrected chi connectivity index (χ4v) is 2.47. The molecule has 4 heteroatoms. The maximum absolute atomic E-state index is 11.5. The smallest absolute Gasteiger partial charge is 0.338 e. The van der Waals surface area contributed by atoms with Crippen molar-refractivity contribution in [2.45, 2.75) is 0 Å². The molecule has 0 amide bonds. The van der Waals surface area contributed by atoms with Crippen LogP contribution >= 0.6 is 11.6 Å². The van der Waals surface area contributed by atoms with E-state index in [1.165, 1.54) is 0 Å². The predicted octanol–water partition coefficient (Wildman–Crippen LogP) is 3.96. The van der Waals surface area contributed by atoms with Crippen molar-refractivity contribution in [2.75, 3.05) is 0 Å². The summed E-state index contributed by atoms with van der Waals surface area (Å²) in [5.74, 6) is -0.955. The molecule has 2 heterocycles.